The van der Waals surface area contributed by atoms with E-state index in [9.17, 15) is 19.8 Å². The Kier molecular flexibility index (Phi) is 8.60. The topological polar surface area (TPSA) is 119 Å². The number of carbonyl (C=O) groups excluding carboxylic acids is 2. The van der Waals surface area contributed by atoms with Gasteiger partial charge in [0.1, 0.15) is 12.7 Å². The number of aromatic amines is 1. The number of aliphatic hydroxyl groups excluding tert-OH is 2. The van der Waals surface area contributed by atoms with E-state index in [0.29, 0.717) is 37.9 Å². The normalized spacial score (nSPS) is 23.5. The first-order valence-electron chi connectivity index (χ1n) is 14.0. The fourth-order valence-electron chi connectivity index (χ4n) is 5.77. The van der Waals surface area contributed by atoms with E-state index >= 15 is 0 Å². The van der Waals surface area contributed by atoms with E-state index in [1.807, 2.05) is 48.7 Å². The van der Waals surface area contributed by atoms with Gasteiger partial charge in [0.05, 0.1) is 17.2 Å². The Bertz CT molecular complexity index is 1250. The van der Waals surface area contributed by atoms with E-state index in [1.165, 1.54) is 0 Å². The molecule has 5 rings (SSSR count). The highest BCUT2D eigenvalue weighted by molar-refractivity contribution is 5.98. The Morgan fingerprint density at radius 2 is 1.87 bits per heavy atom. The Morgan fingerprint density at radius 3 is 2.67 bits per heavy atom. The molecule has 4 heterocycles. The number of cyclic esters (lactones) is 1. The maximum Gasteiger partial charge on any atom is 0.312 e. The van der Waals surface area contributed by atoms with Crippen LogP contribution in [0.15, 0.2) is 54.9 Å². The summed E-state index contributed by atoms with van der Waals surface area (Å²) in [7, 11) is 0. The summed E-state index contributed by atoms with van der Waals surface area (Å²) in [6, 6.07) is 13.4. The number of ether oxygens (including phenoxy) is 1. The molecule has 208 valence electrons. The molecule has 2 fully saturated rings. The van der Waals surface area contributed by atoms with Crippen molar-refractivity contribution in [1.82, 2.24) is 19.8 Å². The van der Waals surface area contributed by atoms with E-state index in [4.69, 9.17) is 4.74 Å². The molecular weight excluding hydrogens is 496 g/mol. The number of H-pyrrole nitrogens is 1. The third-order valence-electron chi connectivity index (χ3n) is 8.30. The number of amides is 1. The molecule has 1 aromatic carbocycles. The summed E-state index contributed by atoms with van der Waals surface area (Å²) in [5.41, 5.74) is 1.93. The number of fused-ring (bicyclic) bond motifs is 1. The Balaban J connectivity index is 1.27. The van der Waals surface area contributed by atoms with Gasteiger partial charge in [-0.1, -0.05) is 12.5 Å². The van der Waals surface area contributed by atoms with E-state index in [1.54, 1.807) is 11.1 Å². The maximum atomic E-state index is 13.5. The minimum Gasteiger partial charge on any atom is -0.462 e. The molecular formula is C30H38N4O5. The van der Waals surface area contributed by atoms with Gasteiger partial charge >= 0.3 is 5.97 Å². The first kappa shape index (κ1) is 27.3. The van der Waals surface area contributed by atoms with Crippen LogP contribution >= 0.6 is 0 Å². The Morgan fingerprint density at radius 1 is 1.03 bits per heavy atom. The zero-order chi connectivity index (χ0) is 27.2. The predicted octanol–water partition coefficient (Wildman–Crippen LogP) is 3.13. The van der Waals surface area contributed by atoms with Crippen molar-refractivity contribution in [2.24, 2.45) is 5.41 Å². The quantitative estimate of drug-likeness (QED) is 0.442. The van der Waals surface area contributed by atoms with Crippen LogP contribution in [0.5, 0.6) is 0 Å². The summed E-state index contributed by atoms with van der Waals surface area (Å²) >= 11 is 0. The van der Waals surface area contributed by atoms with Crippen LogP contribution < -0.4 is 0 Å². The fraction of sp³-hybridized carbons (Fsp3) is 0.500. The third-order valence-corrected chi connectivity index (χ3v) is 8.30. The highest BCUT2D eigenvalue weighted by atomic mass is 16.5. The summed E-state index contributed by atoms with van der Waals surface area (Å²) < 4.78 is 5.60. The van der Waals surface area contributed by atoms with Gasteiger partial charge in [-0.05, 0) is 81.6 Å². The van der Waals surface area contributed by atoms with Gasteiger partial charge in [0.15, 0.2) is 0 Å². The van der Waals surface area contributed by atoms with Crippen LogP contribution in [-0.4, -0.2) is 86.9 Å². The number of hydrogen-bond donors (Lipinski definition) is 3. The largest absolute Gasteiger partial charge is 0.462 e. The van der Waals surface area contributed by atoms with E-state index < -0.39 is 17.6 Å². The lowest BCUT2D eigenvalue weighted by atomic mass is 9.74. The number of benzene rings is 1. The number of nitrogens with zero attached hydrogens (tertiary/aromatic N) is 3. The van der Waals surface area contributed by atoms with E-state index in [-0.39, 0.29) is 24.9 Å². The molecule has 1 spiro atoms. The molecule has 1 amide bonds. The molecule has 3 aromatic rings. The predicted molar refractivity (Wildman–Crippen MR) is 147 cm³/mol. The second-order valence-electron chi connectivity index (χ2n) is 10.9. The van der Waals surface area contributed by atoms with Crippen molar-refractivity contribution in [3.8, 4) is 0 Å². The standard InChI is InChI=1S/C30H38N4O5/c35-26-9-16-34(28(37)23-6-7-25-22(19-23)8-14-32-25)15-4-2-10-30(29(38)39-21-27(26)36)11-17-33(18-12-30)20-24-5-1-3-13-31-24/h1,3,5-8,13-14,19,26-27,32,35-36H,2,4,9-12,15-18,20-21H2/t26-,27+/m0/s1. The van der Waals surface area contributed by atoms with Crippen LogP contribution in [0.1, 0.15) is 54.6 Å². The zero-order valence-corrected chi connectivity index (χ0v) is 22.3. The lowest BCUT2D eigenvalue weighted by Crippen LogP contribution is -2.46. The Hall–Kier alpha value is -3.27. The van der Waals surface area contributed by atoms with Gasteiger partial charge in [-0.3, -0.25) is 19.5 Å². The number of pyridine rings is 1. The summed E-state index contributed by atoms with van der Waals surface area (Å²) in [6.07, 6.45) is 5.04. The van der Waals surface area contributed by atoms with Gasteiger partial charge in [-0.15, -0.1) is 0 Å². The van der Waals surface area contributed by atoms with Crippen LogP contribution in [0.25, 0.3) is 10.9 Å². The molecule has 0 aliphatic carbocycles. The van der Waals surface area contributed by atoms with Crippen molar-refractivity contribution >= 4 is 22.8 Å². The number of rotatable bonds is 3. The number of esters is 1. The van der Waals surface area contributed by atoms with Crippen molar-refractivity contribution in [2.45, 2.75) is 57.3 Å². The highest BCUT2D eigenvalue weighted by Crippen LogP contribution is 2.38. The fourth-order valence-corrected chi connectivity index (χ4v) is 5.77. The monoisotopic (exact) mass is 534 g/mol. The van der Waals surface area contributed by atoms with Gasteiger partial charge in [0.25, 0.3) is 5.91 Å². The highest BCUT2D eigenvalue weighted by Gasteiger charge is 2.42. The molecule has 9 heteroatoms. The molecule has 0 radical (unpaired) electrons. The maximum absolute atomic E-state index is 13.5. The van der Waals surface area contributed by atoms with Crippen molar-refractivity contribution in [1.29, 1.82) is 0 Å². The number of aliphatic hydroxyl groups is 2. The van der Waals surface area contributed by atoms with Gasteiger partial charge < -0.3 is 24.8 Å². The SMILES string of the molecule is O=C(c1ccc2[nH]ccc2c1)N1CCCCC2(CCN(Cc3ccccn3)CC2)C(=O)OC[C@@H](O)[C@@H](O)CC1. The molecule has 39 heavy (non-hydrogen) atoms. The van der Waals surface area contributed by atoms with Gasteiger partial charge in [0, 0.05) is 48.5 Å². The lowest BCUT2D eigenvalue weighted by molar-refractivity contribution is -0.165. The first-order valence-corrected chi connectivity index (χ1v) is 14.0. The van der Waals surface area contributed by atoms with Crippen molar-refractivity contribution < 1.29 is 24.5 Å². The average molecular weight is 535 g/mol. The molecule has 9 nitrogen and oxygen atoms in total. The third kappa shape index (κ3) is 6.49. The first-order chi connectivity index (χ1) is 18.9. The van der Waals surface area contributed by atoms with Crippen LogP contribution in [0.4, 0.5) is 0 Å². The number of piperidine rings is 1. The smallest absolute Gasteiger partial charge is 0.312 e. The number of nitrogens with one attached hydrogen (secondary N) is 1. The molecule has 2 atom stereocenters. The number of likely N-dealkylation sites (tertiary alicyclic amines) is 1. The second-order valence-corrected chi connectivity index (χ2v) is 10.9. The lowest BCUT2D eigenvalue weighted by Gasteiger charge is -2.40. The average Bonchev–Trinajstić information content (AvgIpc) is 3.44. The minimum absolute atomic E-state index is 0.0977. The van der Waals surface area contributed by atoms with Gasteiger partial charge in [-0.2, -0.15) is 0 Å². The second kappa shape index (κ2) is 12.3. The molecule has 3 N–H and O–H groups in total. The number of aromatic nitrogens is 2. The van der Waals surface area contributed by atoms with Crippen LogP contribution in [0.3, 0.4) is 0 Å². The van der Waals surface area contributed by atoms with Crippen molar-refractivity contribution in [2.75, 3.05) is 32.8 Å². The van der Waals surface area contributed by atoms with Gasteiger partial charge in [0.2, 0.25) is 0 Å². The molecule has 2 saturated heterocycles. The number of carbonyl (C=O) groups is 2. The summed E-state index contributed by atoms with van der Waals surface area (Å²) in [6.45, 7) is 2.82. The minimum atomic E-state index is -1.20. The summed E-state index contributed by atoms with van der Waals surface area (Å²) in [5.74, 6) is -0.391. The zero-order valence-electron chi connectivity index (χ0n) is 22.3. The molecule has 2 aliphatic heterocycles. The van der Waals surface area contributed by atoms with Crippen LogP contribution in [0.2, 0.25) is 0 Å². The molecule has 0 saturated carbocycles. The van der Waals surface area contributed by atoms with Crippen molar-refractivity contribution in [3.63, 3.8) is 0 Å². The molecule has 2 aliphatic rings. The number of hydrogen-bond acceptors (Lipinski definition) is 7. The molecule has 0 bridgehead atoms. The van der Waals surface area contributed by atoms with E-state index in [0.717, 1.165) is 49.1 Å². The summed E-state index contributed by atoms with van der Waals surface area (Å²) in [4.78, 5) is 38.4. The molecule has 0 unspecified atom stereocenters. The van der Waals surface area contributed by atoms with Crippen molar-refractivity contribution in [3.05, 3.63) is 66.1 Å². The van der Waals surface area contributed by atoms with E-state index in [2.05, 4.69) is 14.9 Å². The van der Waals surface area contributed by atoms with Gasteiger partial charge in [-0.25, -0.2) is 0 Å². The Labute approximate surface area is 228 Å². The molecule has 2 aromatic heterocycles. The van der Waals surface area contributed by atoms with Crippen LogP contribution in [0, 0.1) is 5.41 Å². The summed E-state index contributed by atoms with van der Waals surface area (Å²) in [5, 5.41) is 22.1. The van der Waals surface area contributed by atoms with Crippen LogP contribution in [-0.2, 0) is 16.1 Å².